The van der Waals surface area contributed by atoms with Crippen molar-refractivity contribution in [3.63, 3.8) is 0 Å². The van der Waals surface area contributed by atoms with E-state index in [0.717, 1.165) is 4.31 Å². The number of carbonyl (C=O) groups is 2. The number of aliphatic carboxylic acids is 1. The van der Waals surface area contributed by atoms with Gasteiger partial charge in [0, 0.05) is 25.0 Å². The number of sulfonamides is 1. The van der Waals surface area contributed by atoms with E-state index in [1.807, 2.05) is 0 Å². The number of nitrogens with one attached hydrogen (secondary N) is 1. The number of carboxylic acids is 1. The third-order valence-electron chi connectivity index (χ3n) is 3.28. The van der Waals surface area contributed by atoms with Gasteiger partial charge in [-0.15, -0.1) is 0 Å². The van der Waals surface area contributed by atoms with E-state index in [2.05, 4.69) is 5.32 Å². The molecule has 1 aromatic rings. The van der Waals surface area contributed by atoms with Gasteiger partial charge in [0.05, 0.1) is 11.4 Å². The monoisotopic (exact) mass is 376 g/mol. The molecule has 134 valence electrons. The molecule has 0 fully saturated rings. The van der Waals surface area contributed by atoms with Crippen molar-refractivity contribution in [3.05, 3.63) is 29.3 Å². The molecule has 9 heteroatoms. The fraction of sp³-hybridized carbons (Fsp3) is 0.467. The van der Waals surface area contributed by atoms with Crippen LogP contribution < -0.4 is 5.32 Å². The van der Waals surface area contributed by atoms with Crippen LogP contribution in [0.3, 0.4) is 0 Å². The smallest absolute Gasteiger partial charge is 0.303 e. The van der Waals surface area contributed by atoms with E-state index in [1.165, 1.54) is 31.3 Å². The van der Waals surface area contributed by atoms with Gasteiger partial charge < -0.3 is 10.4 Å². The third-order valence-corrected chi connectivity index (χ3v) is 5.35. The Morgan fingerprint density at radius 3 is 2.38 bits per heavy atom. The minimum atomic E-state index is -3.75. The summed E-state index contributed by atoms with van der Waals surface area (Å²) < 4.78 is 25.6. The average Bonchev–Trinajstić information content (AvgIpc) is 2.50. The second-order valence-electron chi connectivity index (χ2n) is 5.27. The van der Waals surface area contributed by atoms with Crippen molar-refractivity contribution in [1.29, 1.82) is 0 Å². The molecule has 0 spiro atoms. The number of hydrogen-bond donors (Lipinski definition) is 2. The van der Waals surface area contributed by atoms with Gasteiger partial charge >= 0.3 is 5.97 Å². The molecule has 0 aromatic heterocycles. The first kappa shape index (κ1) is 20.4. The van der Waals surface area contributed by atoms with Crippen molar-refractivity contribution in [3.8, 4) is 0 Å². The van der Waals surface area contributed by atoms with Crippen molar-refractivity contribution in [2.75, 3.05) is 20.1 Å². The highest BCUT2D eigenvalue weighted by Gasteiger charge is 2.22. The van der Waals surface area contributed by atoms with Crippen molar-refractivity contribution in [1.82, 2.24) is 9.62 Å². The number of amides is 1. The maximum atomic E-state index is 12.3. The molecule has 0 saturated heterocycles. The molecule has 0 aliphatic heterocycles. The number of hydrogen-bond acceptors (Lipinski definition) is 4. The van der Waals surface area contributed by atoms with Crippen LogP contribution in [0.4, 0.5) is 0 Å². The van der Waals surface area contributed by atoms with Gasteiger partial charge in [-0.3, -0.25) is 9.59 Å². The maximum Gasteiger partial charge on any atom is 0.303 e. The molecule has 7 nitrogen and oxygen atoms in total. The van der Waals surface area contributed by atoms with Crippen LogP contribution in [0.2, 0.25) is 5.02 Å². The van der Waals surface area contributed by atoms with Crippen molar-refractivity contribution in [2.45, 2.75) is 30.6 Å². The van der Waals surface area contributed by atoms with Crippen LogP contribution in [0, 0.1) is 0 Å². The van der Waals surface area contributed by atoms with Crippen LogP contribution >= 0.6 is 11.6 Å². The highest BCUT2D eigenvalue weighted by Crippen LogP contribution is 2.17. The normalized spacial score (nSPS) is 11.5. The Morgan fingerprint density at radius 2 is 1.79 bits per heavy atom. The number of halogens is 1. The lowest BCUT2D eigenvalue weighted by atomic mass is 10.2. The van der Waals surface area contributed by atoms with Gasteiger partial charge in [-0.2, -0.15) is 4.31 Å². The van der Waals surface area contributed by atoms with Crippen molar-refractivity contribution in [2.24, 2.45) is 0 Å². The van der Waals surface area contributed by atoms with E-state index in [1.54, 1.807) is 0 Å². The van der Waals surface area contributed by atoms with Gasteiger partial charge in [-0.05, 0) is 37.1 Å². The van der Waals surface area contributed by atoms with E-state index < -0.39 is 21.9 Å². The molecule has 24 heavy (non-hydrogen) atoms. The van der Waals surface area contributed by atoms with Gasteiger partial charge in [0.2, 0.25) is 15.9 Å². The third kappa shape index (κ3) is 6.86. The SMILES string of the molecule is CN(CC(=O)NCCCCCC(=O)O)S(=O)(=O)c1ccc(Cl)cc1. The molecular formula is C15H21ClN2O5S. The highest BCUT2D eigenvalue weighted by molar-refractivity contribution is 7.89. The number of carboxylic acid groups (broad SMARTS) is 1. The zero-order valence-electron chi connectivity index (χ0n) is 13.4. The first-order valence-corrected chi connectivity index (χ1v) is 9.25. The summed E-state index contributed by atoms with van der Waals surface area (Å²) in [6, 6.07) is 5.71. The van der Waals surface area contributed by atoms with Crippen LogP contribution in [0.25, 0.3) is 0 Å². The Labute approximate surface area is 146 Å². The van der Waals surface area contributed by atoms with Crippen LogP contribution in [-0.2, 0) is 19.6 Å². The summed E-state index contributed by atoms with van der Waals surface area (Å²) in [7, 11) is -2.42. The summed E-state index contributed by atoms with van der Waals surface area (Å²) in [5.74, 6) is -1.25. The minimum Gasteiger partial charge on any atom is -0.481 e. The summed E-state index contributed by atoms with van der Waals surface area (Å²) in [5, 5.41) is 11.6. The Bertz CT molecular complexity index is 661. The number of carbonyl (C=O) groups excluding carboxylic acids is 1. The van der Waals surface area contributed by atoms with E-state index in [0.29, 0.717) is 30.8 Å². The molecule has 0 saturated carbocycles. The van der Waals surface area contributed by atoms with Crippen LogP contribution in [0.15, 0.2) is 29.2 Å². The molecule has 1 amide bonds. The van der Waals surface area contributed by atoms with Gasteiger partial charge in [0.25, 0.3) is 0 Å². The fourth-order valence-corrected chi connectivity index (χ4v) is 3.19. The maximum absolute atomic E-state index is 12.3. The molecule has 0 heterocycles. The van der Waals surface area contributed by atoms with E-state index in [-0.39, 0.29) is 17.9 Å². The van der Waals surface area contributed by atoms with Gasteiger partial charge in [0.1, 0.15) is 0 Å². The van der Waals surface area contributed by atoms with E-state index >= 15 is 0 Å². The molecule has 0 aliphatic rings. The van der Waals surface area contributed by atoms with Crippen LogP contribution in [0.5, 0.6) is 0 Å². The quantitative estimate of drug-likeness (QED) is 0.605. The molecule has 1 rings (SSSR count). The number of rotatable bonds is 10. The lowest BCUT2D eigenvalue weighted by Crippen LogP contribution is -2.38. The molecule has 0 aliphatic carbocycles. The Balaban J connectivity index is 2.40. The zero-order valence-corrected chi connectivity index (χ0v) is 14.9. The first-order valence-electron chi connectivity index (χ1n) is 7.44. The summed E-state index contributed by atoms with van der Waals surface area (Å²) in [6.45, 7) is 0.0906. The molecule has 0 unspecified atom stereocenters. The van der Waals surface area contributed by atoms with Gasteiger partial charge in [-0.25, -0.2) is 8.42 Å². The number of unbranched alkanes of at least 4 members (excludes halogenated alkanes) is 2. The van der Waals surface area contributed by atoms with Gasteiger partial charge in [-0.1, -0.05) is 18.0 Å². The molecule has 1 aromatic carbocycles. The summed E-state index contributed by atoms with van der Waals surface area (Å²) in [5.41, 5.74) is 0. The van der Waals surface area contributed by atoms with Crippen LogP contribution in [-0.4, -0.2) is 49.8 Å². The molecule has 0 atom stereocenters. The molecular weight excluding hydrogens is 356 g/mol. The number of benzene rings is 1. The topological polar surface area (TPSA) is 104 Å². The van der Waals surface area contributed by atoms with Crippen molar-refractivity contribution < 1.29 is 23.1 Å². The van der Waals surface area contributed by atoms with Crippen molar-refractivity contribution >= 4 is 33.5 Å². The second kappa shape index (κ2) is 9.61. The largest absolute Gasteiger partial charge is 0.481 e. The summed E-state index contributed by atoms with van der Waals surface area (Å²) in [6.07, 6.45) is 1.99. The van der Waals surface area contributed by atoms with E-state index in [4.69, 9.17) is 16.7 Å². The van der Waals surface area contributed by atoms with Crippen LogP contribution in [0.1, 0.15) is 25.7 Å². The summed E-state index contributed by atoms with van der Waals surface area (Å²) >= 11 is 5.73. The zero-order chi connectivity index (χ0) is 18.2. The lowest BCUT2D eigenvalue weighted by molar-refractivity contribution is -0.137. The predicted molar refractivity (Wildman–Crippen MR) is 90.4 cm³/mol. The predicted octanol–water partition coefficient (Wildman–Crippen LogP) is 1.72. The average molecular weight is 377 g/mol. The standard InChI is InChI=1S/C15H21ClN2O5S/c1-18(24(22,23)13-8-6-12(16)7-9-13)11-14(19)17-10-4-2-3-5-15(20)21/h6-9H,2-5,10-11H2,1H3,(H,17,19)(H,20,21). The number of nitrogens with zero attached hydrogens (tertiary/aromatic N) is 1. The molecule has 2 N–H and O–H groups in total. The number of likely N-dealkylation sites (N-methyl/N-ethyl adjacent to an activating group) is 1. The first-order chi connectivity index (χ1) is 11.2. The molecule has 0 bridgehead atoms. The molecule has 0 radical (unpaired) electrons. The fourth-order valence-electron chi connectivity index (χ4n) is 1.94. The van der Waals surface area contributed by atoms with E-state index in [9.17, 15) is 18.0 Å². The Hall–Kier alpha value is -1.64. The second-order valence-corrected chi connectivity index (χ2v) is 7.75. The minimum absolute atomic E-state index is 0.0656. The Morgan fingerprint density at radius 1 is 1.17 bits per heavy atom. The summed E-state index contributed by atoms with van der Waals surface area (Å²) in [4.78, 5) is 22.2. The van der Waals surface area contributed by atoms with Gasteiger partial charge in [0.15, 0.2) is 0 Å². The Kier molecular flexibility index (Phi) is 8.17. The lowest BCUT2D eigenvalue weighted by Gasteiger charge is -2.17. The highest BCUT2D eigenvalue weighted by atomic mass is 35.5.